The summed E-state index contributed by atoms with van der Waals surface area (Å²) < 4.78 is 1.90. The molecule has 1 aromatic carbocycles. The average Bonchev–Trinajstić information content (AvgIpc) is 3.00. The van der Waals surface area contributed by atoms with Crippen molar-refractivity contribution in [2.24, 2.45) is 12.8 Å². The number of hydrogen-bond donors (Lipinski definition) is 1. The average molecular weight is 284 g/mol. The molecule has 4 nitrogen and oxygen atoms in total. The molecule has 2 N–H and O–H groups in total. The van der Waals surface area contributed by atoms with Gasteiger partial charge in [-0.15, -0.1) is 0 Å². The molecule has 1 aromatic heterocycles. The summed E-state index contributed by atoms with van der Waals surface area (Å²) in [4.78, 5) is 2.50. The molecule has 0 saturated carbocycles. The highest BCUT2D eigenvalue weighted by Crippen LogP contribution is 2.42. The van der Waals surface area contributed by atoms with Crippen LogP contribution >= 0.6 is 0 Å². The Balaban J connectivity index is 1.94. The van der Waals surface area contributed by atoms with E-state index in [-0.39, 0.29) is 0 Å². The van der Waals surface area contributed by atoms with Crippen LogP contribution in [0.25, 0.3) is 0 Å². The molecule has 1 aliphatic rings. The Kier molecular flexibility index (Phi) is 3.72. The van der Waals surface area contributed by atoms with E-state index in [9.17, 15) is 0 Å². The van der Waals surface area contributed by atoms with E-state index in [4.69, 9.17) is 5.73 Å². The minimum absolute atomic E-state index is 0.336. The molecule has 112 valence electrons. The Labute approximate surface area is 126 Å². The minimum Gasteiger partial charge on any atom is -0.364 e. The zero-order chi connectivity index (χ0) is 15.0. The fourth-order valence-corrected chi connectivity index (χ4v) is 3.54. The fraction of sp³-hybridized carbons (Fsp3) is 0.471. The first kappa shape index (κ1) is 14.1. The topological polar surface area (TPSA) is 47.1 Å². The van der Waals surface area contributed by atoms with Crippen molar-refractivity contribution in [1.29, 1.82) is 0 Å². The first-order chi connectivity index (χ1) is 10.1. The molecule has 2 aromatic rings. The van der Waals surface area contributed by atoms with E-state index in [1.54, 1.807) is 0 Å². The molecule has 2 atom stereocenters. The van der Waals surface area contributed by atoms with E-state index in [2.05, 4.69) is 54.3 Å². The van der Waals surface area contributed by atoms with Gasteiger partial charge in [0.15, 0.2) is 0 Å². The van der Waals surface area contributed by atoms with Crippen LogP contribution in [0.1, 0.15) is 42.1 Å². The van der Waals surface area contributed by atoms with Crippen LogP contribution in [0.2, 0.25) is 0 Å². The van der Waals surface area contributed by atoms with Gasteiger partial charge in [-0.05, 0) is 38.4 Å². The van der Waals surface area contributed by atoms with Crippen molar-refractivity contribution in [3.8, 4) is 0 Å². The summed E-state index contributed by atoms with van der Waals surface area (Å²) in [6, 6.07) is 9.07. The zero-order valence-electron chi connectivity index (χ0n) is 13.1. The van der Waals surface area contributed by atoms with Gasteiger partial charge in [0.2, 0.25) is 0 Å². The molecule has 3 rings (SSSR count). The van der Waals surface area contributed by atoms with Crippen LogP contribution in [0.5, 0.6) is 0 Å². The molecule has 1 aliphatic heterocycles. The lowest BCUT2D eigenvalue weighted by Gasteiger charge is -2.27. The van der Waals surface area contributed by atoms with E-state index < -0.39 is 0 Å². The van der Waals surface area contributed by atoms with Crippen molar-refractivity contribution in [1.82, 2.24) is 9.78 Å². The van der Waals surface area contributed by atoms with Gasteiger partial charge >= 0.3 is 0 Å². The van der Waals surface area contributed by atoms with Crippen LogP contribution in [-0.2, 0) is 7.05 Å². The van der Waals surface area contributed by atoms with Crippen molar-refractivity contribution in [3.63, 3.8) is 0 Å². The van der Waals surface area contributed by atoms with Crippen molar-refractivity contribution in [2.75, 3.05) is 18.0 Å². The molecule has 4 heteroatoms. The van der Waals surface area contributed by atoms with Crippen LogP contribution in [0.4, 0.5) is 5.69 Å². The Morgan fingerprint density at radius 3 is 2.81 bits per heavy atom. The van der Waals surface area contributed by atoms with Gasteiger partial charge in [0.25, 0.3) is 0 Å². The summed E-state index contributed by atoms with van der Waals surface area (Å²) >= 11 is 0. The van der Waals surface area contributed by atoms with Crippen LogP contribution in [0, 0.1) is 6.92 Å². The lowest BCUT2D eigenvalue weighted by Crippen LogP contribution is -2.26. The molecule has 0 aliphatic carbocycles. The largest absolute Gasteiger partial charge is 0.364 e. The van der Waals surface area contributed by atoms with Crippen LogP contribution < -0.4 is 10.6 Å². The number of rotatable bonds is 4. The fourth-order valence-electron chi connectivity index (χ4n) is 3.54. The Bertz CT molecular complexity index is 631. The lowest BCUT2D eigenvalue weighted by molar-refractivity contribution is 0.605. The van der Waals surface area contributed by atoms with Crippen molar-refractivity contribution in [3.05, 3.63) is 47.3 Å². The maximum Gasteiger partial charge on any atom is 0.0646 e. The molecular weight excluding hydrogens is 260 g/mol. The highest BCUT2D eigenvalue weighted by molar-refractivity contribution is 5.61. The molecular formula is C17H24N4. The second kappa shape index (κ2) is 5.53. The van der Waals surface area contributed by atoms with Gasteiger partial charge in [0, 0.05) is 37.0 Å². The van der Waals surface area contributed by atoms with Crippen molar-refractivity contribution >= 4 is 5.69 Å². The number of fused-ring (bicyclic) bond motifs is 1. The van der Waals surface area contributed by atoms with Gasteiger partial charge in [0.05, 0.1) is 11.7 Å². The third kappa shape index (κ3) is 2.44. The lowest BCUT2D eigenvalue weighted by atomic mass is 9.98. The monoisotopic (exact) mass is 284 g/mol. The molecule has 0 saturated heterocycles. The number of nitrogens with zero attached hydrogens (tertiary/aromatic N) is 3. The molecule has 0 spiro atoms. The highest BCUT2D eigenvalue weighted by Gasteiger charge is 2.31. The van der Waals surface area contributed by atoms with Gasteiger partial charge in [-0.25, -0.2) is 0 Å². The molecule has 2 heterocycles. The standard InChI is InChI=1S/C17H24N4/c1-12-16(11-20(3)19-12)13(2)21-10-14(8-9-18)15-6-4-5-7-17(15)21/h4-7,11,13-14H,8-10,18H2,1-3H3. The normalized spacial score (nSPS) is 18.9. The molecule has 21 heavy (non-hydrogen) atoms. The van der Waals surface area contributed by atoms with Gasteiger partial charge in [-0.2, -0.15) is 5.10 Å². The summed E-state index contributed by atoms with van der Waals surface area (Å²) in [7, 11) is 1.98. The Hall–Kier alpha value is -1.81. The summed E-state index contributed by atoms with van der Waals surface area (Å²) in [5.74, 6) is 0.547. The summed E-state index contributed by atoms with van der Waals surface area (Å²) in [5.41, 5.74) is 11.0. The second-order valence-corrected chi connectivity index (χ2v) is 6.00. The van der Waals surface area contributed by atoms with E-state index in [1.165, 1.54) is 16.8 Å². The van der Waals surface area contributed by atoms with E-state index in [1.807, 2.05) is 11.7 Å². The first-order valence-corrected chi connectivity index (χ1v) is 7.67. The number of nitrogens with two attached hydrogens (primary N) is 1. The van der Waals surface area contributed by atoms with Gasteiger partial charge in [0.1, 0.15) is 0 Å². The molecule has 2 unspecified atom stereocenters. The molecule has 0 fully saturated rings. The van der Waals surface area contributed by atoms with E-state index in [0.717, 1.165) is 25.2 Å². The molecule has 0 radical (unpaired) electrons. The van der Waals surface area contributed by atoms with E-state index >= 15 is 0 Å². The molecule has 0 amide bonds. The maximum atomic E-state index is 5.79. The van der Waals surface area contributed by atoms with Crippen LogP contribution in [-0.4, -0.2) is 22.9 Å². The SMILES string of the molecule is Cc1nn(C)cc1C(C)N1CC(CCN)c2ccccc21. The van der Waals surface area contributed by atoms with Gasteiger partial charge < -0.3 is 10.6 Å². The zero-order valence-corrected chi connectivity index (χ0v) is 13.1. The van der Waals surface area contributed by atoms with E-state index in [0.29, 0.717) is 12.0 Å². The predicted molar refractivity (Wildman–Crippen MR) is 86.6 cm³/mol. The first-order valence-electron chi connectivity index (χ1n) is 7.67. The van der Waals surface area contributed by atoms with Gasteiger partial charge in [-0.1, -0.05) is 18.2 Å². The number of hydrogen-bond acceptors (Lipinski definition) is 3. The van der Waals surface area contributed by atoms with Gasteiger partial charge in [-0.3, -0.25) is 4.68 Å². The number of aryl methyl sites for hydroxylation is 2. The summed E-state index contributed by atoms with van der Waals surface area (Å²) in [6.45, 7) is 6.15. The van der Waals surface area contributed by atoms with Crippen molar-refractivity contribution < 1.29 is 0 Å². The quantitative estimate of drug-likeness (QED) is 0.939. The minimum atomic E-state index is 0.336. The third-order valence-electron chi connectivity index (χ3n) is 4.59. The van der Waals surface area contributed by atoms with Crippen LogP contribution in [0.15, 0.2) is 30.5 Å². The maximum absolute atomic E-state index is 5.79. The summed E-state index contributed by atoms with van der Waals surface area (Å²) in [5, 5.41) is 4.48. The number of para-hydroxylation sites is 1. The Morgan fingerprint density at radius 2 is 2.14 bits per heavy atom. The number of anilines is 1. The summed E-state index contributed by atoms with van der Waals surface area (Å²) in [6.07, 6.45) is 3.19. The van der Waals surface area contributed by atoms with Crippen molar-refractivity contribution in [2.45, 2.75) is 32.2 Å². The Morgan fingerprint density at radius 1 is 1.38 bits per heavy atom. The second-order valence-electron chi connectivity index (χ2n) is 6.00. The predicted octanol–water partition coefficient (Wildman–Crippen LogP) is 2.74. The number of aromatic nitrogens is 2. The smallest absolute Gasteiger partial charge is 0.0646 e. The molecule has 0 bridgehead atoms. The highest BCUT2D eigenvalue weighted by atomic mass is 15.3. The third-order valence-corrected chi connectivity index (χ3v) is 4.59. The number of benzene rings is 1. The van der Waals surface area contributed by atoms with Crippen LogP contribution in [0.3, 0.4) is 0 Å².